The highest BCUT2D eigenvalue weighted by atomic mass is 32.1. The Balaban J connectivity index is 1.09. The molecule has 0 amide bonds. The number of hydrogen-bond acceptors (Lipinski definition) is 5. The first-order valence-electron chi connectivity index (χ1n) is 17.8. The number of thiophene rings is 1. The molecule has 5 aromatic carbocycles. The van der Waals surface area contributed by atoms with E-state index >= 15 is 0 Å². The normalized spacial score (nSPS) is 21.7. The van der Waals surface area contributed by atoms with Crippen molar-refractivity contribution in [2.75, 3.05) is 0 Å². The smallest absolute Gasteiger partial charge is 0.164 e. The zero-order chi connectivity index (χ0) is 33.8. The van der Waals surface area contributed by atoms with E-state index in [1.54, 1.807) is 17.7 Å². The maximum Gasteiger partial charge on any atom is 0.164 e. The minimum Gasteiger partial charge on any atom is -0.208 e. The first-order chi connectivity index (χ1) is 24.4. The summed E-state index contributed by atoms with van der Waals surface area (Å²) in [4.78, 5) is 14.7. The summed E-state index contributed by atoms with van der Waals surface area (Å²) >= 11 is 1.93. The number of nitriles is 1. The highest BCUT2D eigenvalue weighted by Crippen LogP contribution is 2.54. The summed E-state index contributed by atoms with van der Waals surface area (Å²) < 4.78 is 2.73. The van der Waals surface area contributed by atoms with Crippen LogP contribution in [0.25, 0.3) is 65.5 Å². The van der Waals surface area contributed by atoms with Crippen molar-refractivity contribution in [2.45, 2.75) is 51.4 Å². The molecule has 4 nitrogen and oxygen atoms in total. The van der Waals surface area contributed by atoms with Crippen LogP contribution < -0.4 is 0 Å². The van der Waals surface area contributed by atoms with Crippen LogP contribution in [0, 0.1) is 29.1 Å². The van der Waals surface area contributed by atoms with E-state index in [-0.39, 0.29) is 0 Å². The summed E-state index contributed by atoms with van der Waals surface area (Å²) in [5.74, 6) is 4.31. The first kappa shape index (κ1) is 30.8. The summed E-state index contributed by atoms with van der Waals surface area (Å²) in [6, 6.07) is 42.4. The largest absolute Gasteiger partial charge is 0.208 e. The second-order valence-electron chi connectivity index (χ2n) is 14.9. The molecule has 50 heavy (non-hydrogen) atoms. The summed E-state index contributed by atoms with van der Waals surface area (Å²) in [6.07, 6.45) is 6.82. The van der Waals surface area contributed by atoms with Gasteiger partial charge in [-0.15, -0.1) is 11.3 Å². The third-order valence-corrected chi connectivity index (χ3v) is 12.2. The topological polar surface area (TPSA) is 62.5 Å². The highest BCUT2D eigenvalue weighted by Gasteiger charge is 2.45. The van der Waals surface area contributed by atoms with Gasteiger partial charge in [0.15, 0.2) is 17.5 Å². The minimum atomic E-state index is 0.339. The molecule has 2 aliphatic rings. The third kappa shape index (κ3) is 5.58. The van der Waals surface area contributed by atoms with E-state index in [2.05, 4.69) is 80.6 Å². The number of rotatable bonds is 5. The van der Waals surface area contributed by atoms with Crippen LogP contribution in [-0.2, 0) is 5.41 Å². The molecule has 5 heteroatoms. The van der Waals surface area contributed by atoms with Crippen LogP contribution in [0.5, 0.6) is 0 Å². The predicted molar refractivity (Wildman–Crippen MR) is 206 cm³/mol. The van der Waals surface area contributed by atoms with Crippen molar-refractivity contribution >= 4 is 31.5 Å². The predicted octanol–water partition coefficient (Wildman–Crippen LogP) is 11.9. The number of fused-ring (bicyclic) bond motifs is 5. The molecule has 0 aliphatic heterocycles. The van der Waals surface area contributed by atoms with Crippen molar-refractivity contribution in [3.63, 3.8) is 0 Å². The summed E-state index contributed by atoms with van der Waals surface area (Å²) in [5.41, 5.74) is 7.51. The Morgan fingerprint density at radius 1 is 0.580 bits per heavy atom. The van der Waals surface area contributed by atoms with Crippen molar-refractivity contribution in [1.29, 1.82) is 5.26 Å². The molecule has 2 unspecified atom stereocenters. The Labute approximate surface area is 297 Å². The van der Waals surface area contributed by atoms with Gasteiger partial charge in [0.25, 0.3) is 0 Å². The maximum atomic E-state index is 9.32. The van der Waals surface area contributed by atoms with Gasteiger partial charge in [-0.3, -0.25) is 0 Å². The Morgan fingerprint density at radius 3 is 1.92 bits per heavy atom. The molecule has 0 spiro atoms. The van der Waals surface area contributed by atoms with E-state index in [0.29, 0.717) is 28.5 Å². The maximum absolute atomic E-state index is 9.32. The fourth-order valence-electron chi connectivity index (χ4n) is 9.23. The molecule has 7 aromatic rings. The number of nitrogens with zero attached hydrogens (tertiary/aromatic N) is 4. The Hall–Kier alpha value is -5.18. The average molecular weight is 667 g/mol. The number of aromatic nitrogens is 3. The zero-order valence-electron chi connectivity index (χ0n) is 28.4. The quantitative estimate of drug-likeness (QED) is 0.183. The van der Waals surface area contributed by atoms with Crippen LogP contribution in [0.1, 0.15) is 57.1 Å². The molecule has 2 fully saturated rings. The minimum absolute atomic E-state index is 0.339. The fraction of sp³-hybridized carbons (Fsp3) is 0.244. The van der Waals surface area contributed by atoms with E-state index in [1.165, 1.54) is 57.8 Å². The van der Waals surface area contributed by atoms with Crippen molar-refractivity contribution < 1.29 is 0 Å². The third-order valence-electron chi connectivity index (χ3n) is 11.1. The van der Waals surface area contributed by atoms with Crippen molar-refractivity contribution in [3.05, 3.63) is 126 Å². The van der Waals surface area contributed by atoms with Gasteiger partial charge in [0.05, 0.1) is 11.6 Å². The van der Waals surface area contributed by atoms with Gasteiger partial charge < -0.3 is 0 Å². The van der Waals surface area contributed by atoms with E-state index in [0.717, 1.165) is 40.0 Å². The molecular weight excluding hydrogens is 629 g/mol. The lowest BCUT2D eigenvalue weighted by atomic mass is 9.54. The standard InChI is InChI=1S/C45H38N4S/c1-28-19-31-20-29(2)25-45(24-28,26-31)37-16-17-38-39-22-35(15-18-40(39)50-41(38)23-37)34-9-6-10-36(21-34)44-48-42(32-7-4-3-5-8-32)47-43(49-44)33-13-11-30(27-46)12-14-33/h3-18,21-23,28-29,31H,19-20,24-26H2,1-2H3/t28-,29+,31?,45?. The van der Waals surface area contributed by atoms with E-state index < -0.39 is 0 Å². The van der Waals surface area contributed by atoms with Crippen LogP contribution in [0.4, 0.5) is 0 Å². The molecule has 0 radical (unpaired) electrons. The lowest BCUT2D eigenvalue weighted by Gasteiger charge is -2.50. The van der Waals surface area contributed by atoms with E-state index in [4.69, 9.17) is 15.0 Å². The monoisotopic (exact) mass is 666 g/mol. The Bertz CT molecular complexity index is 2400. The molecule has 9 rings (SSSR count). The molecule has 0 N–H and O–H groups in total. The molecular formula is C45H38N4S. The van der Waals surface area contributed by atoms with Crippen LogP contribution in [0.3, 0.4) is 0 Å². The van der Waals surface area contributed by atoms with Gasteiger partial charge in [-0.05, 0) is 120 Å². The number of hydrogen-bond donors (Lipinski definition) is 0. The van der Waals surface area contributed by atoms with Crippen molar-refractivity contribution in [1.82, 2.24) is 15.0 Å². The van der Waals surface area contributed by atoms with Crippen LogP contribution in [-0.4, -0.2) is 15.0 Å². The lowest BCUT2D eigenvalue weighted by Crippen LogP contribution is -2.42. The molecule has 4 atom stereocenters. The van der Waals surface area contributed by atoms with Gasteiger partial charge in [0.2, 0.25) is 0 Å². The summed E-state index contributed by atoms with van der Waals surface area (Å²) in [6.45, 7) is 4.95. The molecule has 0 saturated heterocycles. The molecule has 2 aliphatic carbocycles. The molecule has 2 saturated carbocycles. The summed E-state index contributed by atoms with van der Waals surface area (Å²) in [5, 5.41) is 12.0. The van der Waals surface area contributed by atoms with Crippen LogP contribution in [0.2, 0.25) is 0 Å². The van der Waals surface area contributed by atoms with Crippen LogP contribution in [0.15, 0.2) is 115 Å². The summed E-state index contributed by atoms with van der Waals surface area (Å²) in [7, 11) is 0. The van der Waals surface area contributed by atoms with Crippen molar-refractivity contribution in [3.8, 4) is 51.4 Å². The SMILES string of the molecule is C[C@@H]1CC2C[C@H](C)CC(c3ccc4c(c3)sc3ccc(-c5cccc(-c6nc(-c7ccccc7)nc(-c7ccc(C#N)cc7)n6)c5)cc34)(C2)C1. The highest BCUT2D eigenvalue weighted by molar-refractivity contribution is 7.25. The first-order valence-corrected chi connectivity index (χ1v) is 18.6. The second-order valence-corrected chi connectivity index (χ2v) is 16.0. The average Bonchev–Trinajstić information content (AvgIpc) is 3.52. The fourth-order valence-corrected chi connectivity index (χ4v) is 10.4. The van der Waals surface area contributed by atoms with Gasteiger partial charge >= 0.3 is 0 Å². The van der Waals surface area contributed by atoms with Gasteiger partial charge in [-0.25, -0.2) is 15.0 Å². The van der Waals surface area contributed by atoms with E-state index in [9.17, 15) is 5.26 Å². The van der Waals surface area contributed by atoms with Gasteiger partial charge in [-0.1, -0.05) is 80.6 Å². The van der Waals surface area contributed by atoms with Crippen molar-refractivity contribution in [2.24, 2.45) is 17.8 Å². The second kappa shape index (κ2) is 12.3. The van der Waals surface area contributed by atoms with Gasteiger partial charge in [0, 0.05) is 36.9 Å². The molecule has 244 valence electrons. The Morgan fingerprint density at radius 2 is 1.20 bits per heavy atom. The number of benzene rings is 5. The Kier molecular flexibility index (Phi) is 7.59. The molecule has 2 bridgehead atoms. The van der Waals surface area contributed by atoms with Crippen LogP contribution >= 0.6 is 11.3 Å². The molecule has 2 aromatic heterocycles. The lowest BCUT2D eigenvalue weighted by molar-refractivity contribution is 0.0781. The van der Waals surface area contributed by atoms with Gasteiger partial charge in [0.1, 0.15) is 0 Å². The zero-order valence-corrected chi connectivity index (χ0v) is 29.3. The van der Waals surface area contributed by atoms with E-state index in [1.807, 2.05) is 53.8 Å². The van der Waals surface area contributed by atoms with Gasteiger partial charge in [-0.2, -0.15) is 5.26 Å². The molecule has 2 heterocycles.